The highest BCUT2D eigenvalue weighted by Crippen LogP contribution is 2.51. The summed E-state index contributed by atoms with van der Waals surface area (Å²) in [4.78, 5) is 72.6. The molecule has 2 saturated heterocycles. The van der Waals surface area contributed by atoms with Crippen molar-refractivity contribution in [3.05, 3.63) is 94.6 Å². The lowest BCUT2D eigenvalue weighted by atomic mass is 9.67. The van der Waals surface area contributed by atoms with Crippen molar-refractivity contribution < 1.29 is 28.7 Å². The summed E-state index contributed by atoms with van der Waals surface area (Å²) in [6, 6.07) is 12.8. The second-order valence-electron chi connectivity index (χ2n) is 24.5. The van der Waals surface area contributed by atoms with E-state index in [1.54, 1.807) is 0 Å². The number of nitrogens with one attached hydrogen (secondary N) is 4. The number of fused-ring (bicyclic) bond motifs is 11. The van der Waals surface area contributed by atoms with Gasteiger partial charge in [0.2, 0.25) is 11.8 Å². The number of aromatic nitrogens is 4. The van der Waals surface area contributed by atoms with Gasteiger partial charge < -0.3 is 39.9 Å². The fourth-order valence-electron chi connectivity index (χ4n) is 14.7. The highest BCUT2D eigenvalue weighted by molar-refractivity contribution is 5.88. The molecule has 3 unspecified atom stereocenters. The number of H-pyrrole nitrogens is 2. The molecular weight excluding hydrogens is 977 g/mol. The Kier molecular flexibility index (Phi) is 17.8. The van der Waals surface area contributed by atoms with Crippen LogP contribution in [-0.4, -0.2) is 99.6 Å². The van der Waals surface area contributed by atoms with Crippen LogP contribution < -0.4 is 10.6 Å². The number of hydrogen-bond acceptors (Lipinski definition) is 9. The van der Waals surface area contributed by atoms with Crippen molar-refractivity contribution in [1.29, 1.82) is 0 Å². The number of alkyl carbamates (subject to hydrolysis) is 1. The van der Waals surface area contributed by atoms with Gasteiger partial charge in [0.25, 0.3) is 6.47 Å². The Labute approximate surface area is 463 Å². The van der Waals surface area contributed by atoms with Crippen LogP contribution in [0.1, 0.15) is 186 Å². The minimum atomic E-state index is -0.683. The molecule has 2 aromatic heterocycles. The molecule has 0 spiro atoms. The number of ether oxygens (including phenoxy) is 2. The van der Waals surface area contributed by atoms with E-state index in [1.165, 1.54) is 73.3 Å². The van der Waals surface area contributed by atoms with E-state index in [-0.39, 0.29) is 59.3 Å². The summed E-state index contributed by atoms with van der Waals surface area (Å²) in [5.41, 5.74) is 11.8. The van der Waals surface area contributed by atoms with E-state index in [9.17, 15) is 14.4 Å². The van der Waals surface area contributed by atoms with E-state index in [1.807, 2.05) is 20.9 Å². The van der Waals surface area contributed by atoms with Gasteiger partial charge in [-0.25, -0.2) is 14.8 Å². The number of amides is 3. The quantitative estimate of drug-likeness (QED) is 0.101. The van der Waals surface area contributed by atoms with Crippen LogP contribution >= 0.6 is 0 Å². The third-order valence-electron chi connectivity index (χ3n) is 18.6. The monoisotopic (exact) mass is 1060 g/mol. The summed E-state index contributed by atoms with van der Waals surface area (Å²) in [6.07, 6.45) is 26.0. The predicted octanol–water partition coefficient (Wildman–Crippen LogP) is 12.9. The molecule has 4 N–H and O–H groups in total. The van der Waals surface area contributed by atoms with E-state index in [2.05, 4.69) is 130 Å². The topological polar surface area (TPSA) is 175 Å². The van der Waals surface area contributed by atoms with Crippen LogP contribution in [0.5, 0.6) is 0 Å². The first-order valence-electron chi connectivity index (χ1n) is 29.5. The minimum Gasteiger partial charge on any atom is -0.471 e. The molecule has 5 aliphatic carbocycles. The molecule has 14 nitrogen and oxygen atoms in total. The van der Waals surface area contributed by atoms with Crippen molar-refractivity contribution >= 4 is 57.6 Å². The summed E-state index contributed by atoms with van der Waals surface area (Å²) in [5, 5.41) is 6.21. The molecule has 2 saturated carbocycles. The molecule has 10 atom stereocenters. The summed E-state index contributed by atoms with van der Waals surface area (Å²) in [6.45, 7) is 15.8. The van der Waals surface area contributed by atoms with Crippen molar-refractivity contribution in [2.45, 2.75) is 187 Å². The first kappa shape index (κ1) is 56.7. The molecular formula is C64H88N8O6. The molecule has 3 amide bonds. The van der Waals surface area contributed by atoms with Crippen molar-refractivity contribution in [1.82, 2.24) is 40.4 Å². The lowest BCUT2D eigenvalue weighted by molar-refractivity contribution is -0.139. The molecule has 4 fully saturated rings. The summed E-state index contributed by atoms with van der Waals surface area (Å²) >= 11 is 0. The van der Waals surface area contributed by atoms with Crippen molar-refractivity contribution in [2.24, 2.45) is 35.0 Å². The number of aromatic amines is 2. The van der Waals surface area contributed by atoms with Crippen molar-refractivity contribution in [2.75, 3.05) is 21.3 Å². The van der Waals surface area contributed by atoms with Gasteiger partial charge in [-0.2, -0.15) is 0 Å². The number of nitrogens with zero attached hydrogens (tertiary/aromatic N) is 4. The van der Waals surface area contributed by atoms with Gasteiger partial charge in [-0.3, -0.25) is 14.4 Å². The Morgan fingerprint density at radius 1 is 0.821 bits per heavy atom. The van der Waals surface area contributed by atoms with Gasteiger partial charge in [0, 0.05) is 12.1 Å². The number of carbonyl (C=O) groups excluding carboxylic acids is 4. The van der Waals surface area contributed by atoms with Gasteiger partial charge in [0.05, 0.1) is 54.4 Å². The maximum absolute atomic E-state index is 14.5. The van der Waals surface area contributed by atoms with Gasteiger partial charge in [0.1, 0.15) is 17.7 Å². The lowest BCUT2D eigenvalue weighted by Crippen LogP contribution is -2.53. The van der Waals surface area contributed by atoms with Gasteiger partial charge in [-0.1, -0.05) is 116 Å². The highest BCUT2D eigenvalue weighted by Gasteiger charge is 2.50. The van der Waals surface area contributed by atoms with E-state index in [0.29, 0.717) is 24.2 Å². The Bertz CT molecular complexity index is 2940. The SMILES string of the molecule is CC/C(=C1\C=C/C[C@H](C)CC2(C)CC=C(C=C2c2ccc3nc([C@@H]4C[C@@H]5CCCC[C@@H]5N4C(=O)C(NC)C(C)C)[nH]c3c2)CC1)c1ccc2nc([C@@H]3C[C@@H]4CCCC[C@@H]4N3C(=O)C(NC(=O)OC)C(C)C)[nH]c2c1.COC=O. The normalized spacial score (nSPS) is 28.1. The third-order valence-corrected chi connectivity index (χ3v) is 18.6. The average molecular weight is 1070 g/mol. The summed E-state index contributed by atoms with van der Waals surface area (Å²) in [5.74, 6) is 3.42. The van der Waals surface area contributed by atoms with Crippen molar-refractivity contribution in [3.8, 4) is 0 Å². The van der Waals surface area contributed by atoms with Crippen LogP contribution in [0.2, 0.25) is 0 Å². The molecule has 2 aromatic carbocycles. The number of carbonyl (C=O) groups is 4. The summed E-state index contributed by atoms with van der Waals surface area (Å²) in [7, 11) is 4.57. The zero-order valence-electron chi connectivity index (χ0n) is 48.3. The number of methoxy groups -OCH3 is 2. The highest BCUT2D eigenvalue weighted by atomic mass is 16.5. The predicted molar refractivity (Wildman–Crippen MR) is 310 cm³/mol. The molecule has 2 aliphatic heterocycles. The van der Waals surface area contributed by atoms with Crippen LogP contribution in [-0.2, 0) is 23.9 Å². The Morgan fingerprint density at radius 3 is 1.96 bits per heavy atom. The smallest absolute Gasteiger partial charge is 0.407 e. The molecule has 2 bridgehead atoms. The van der Waals surface area contributed by atoms with Crippen LogP contribution in [0.25, 0.3) is 33.2 Å². The first-order chi connectivity index (χ1) is 37.6. The molecule has 420 valence electrons. The zero-order chi connectivity index (χ0) is 55.4. The van der Waals surface area contributed by atoms with Gasteiger partial charge >= 0.3 is 6.09 Å². The molecule has 0 radical (unpaired) electrons. The molecule has 78 heavy (non-hydrogen) atoms. The third kappa shape index (κ3) is 11.7. The molecule has 11 rings (SSSR count). The standard InChI is InChI=1S/C62H84N8O4.C2H4O2/c1-10-45(41-24-26-47-49(31-41)66-58(64-47)54-34-44-18-12-14-21-52(44)70(54)60(72)56(37(4)5)68-61(73)74-9)40-19-15-16-38(6)35-62(7)29-28-39(22-23-40)30-46(62)42-25-27-48-50(32-42)67-57(65-48)53-33-43-17-11-13-20-51(43)69(53)59(71)55(63-8)36(2)3;1-4-2-3/h15,19,24-28,30-32,36-38,43-44,51-56,63H,10-14,16-18,20-23,29,33-35H2,1-9H3,(H,64,66)(H,65,67)(H,68,73);2H,1H3/b19-15-,45-40-;/t38-,43-,44-,51-,52-,53-,54-,55?,56?,62?;/m0./s1. The molecule has 14 heteroatoms. The average Bonchev–Trinajstić information content (AvgIpc) is 4.37. The van der Waals surface area contributed by atoms with Crippen LogP contribution in [0, 0.1) is 35.0 Å². The molecule has 7 aliphatic rings. The number of rotatable bonds is 12. The fourth-order valence-corrected chi connectivity index (χ4v) is 14.7. The molecule has 4 heterocycles. The molecule has 4 aromatic rings. The Hall–Kier alpha value is -6.02. The van der Waals surface area contributed by atoms with Gasteiger partial charge in [-0.05, 0) is 171 Å². The first-order valence-corrected chi connectivity index (χ1v) is 29.5. The number of allylic oxidation sites excluding steroid dienone is 8. The zero-order valence-corrected chi connectivity index (χ0v) is 48.3. The van der Waals surface area contributed by atoms with E-state index in [0.717, 1.165) is 111 Å². The van der Waals surface area contributed by atoms with Crippen LogP contribution in [0.4, 0.5) is 4.79 Å². The summed E-state index contributed by atoms with van der Waals surface area (Å²) < 4.78 is 8.81. The van der Waals surface area contributed by atoms with E-state index in [4.69, 9.17) is 19.5 Å². The fraction of sp³-hybridized carbons (Fsp3) is 0.594. The second-order valence-corrected chi connectivity index (χ2v) is 24.5. The second kappa shape index (κ2) is 24.6. The minimum absolute atomic E-state index is 0.0155. The van der Waals surface area contributed by atoms with Crippen LogP contribution in [0.15, 0.2) is 71.8 Å². The van der Waals surface area contributed by atoms with Gasteiger partial charge in [0.15, 0.2) is 0 Å². The number of benzene rings is 2. The van der Waals surface area contributed by atoms with Gasteiger partial charge in [-0.15, -0.1) is 0 Å². The Morgan fingerprint density at radius 2 is 1.40 bits per heavy atom. The van der Waals surface area contributed by atoms with E-state index >= 15 is 0 Å². The number of imidazole rings is 2. The Balaban J connectivity index is 0.00000179. The lowest BCUT2D eigenvalue weighted by Gasteiger charge is -2.37. The maximum Gasteiger partial charge on any atom is 0.407 e. The largest absolute Gasteiger partial charge is 0.471 e. The van der Waals surface area contributed by atoms with Crippen LogP contribution in [0.3, 0.4) is 0 Å². The van der Waals surface area contributed by atoms with Crippen molar-refractivity contribution in [3.63, 3.8) is 0 Å². The number of hydrogen-bond donors (Lipinski definition) is 4. The number of likely N-dealkylation sites (N-methyl/N-ethyl adjacent to an activating group) is 1. The number of likely N-dealkylation sites (tertiary alicyclic amines) is 2. The maximum atomic E-state index is 14.5. The van der Waals surface area contributed by atoms with E-state index < -0.39 is 12.1 Å².